The molecule has 7 heteroatoms. The first kappa shape index (κ1) is 11.8. The van der Waals surface area contributed by atoms with E-state index in [0.717, 1.165) is 27.2 Å². The molecule has 0 saturated carbocycles. The summed E-state index contributed by atoms with van der Waals surface area (Å²) in [6.07, 6.45) is 4.85. The second-order valence-electron chi connectivity index (χ2n) is 4.10. The predicted octanol–water partition coefficient (Wildman–Crippen LogP) is 2.48. The minimum Gasteiger partial charge on any atom is -0.348 e. The number of hydrogen-bond acceptors (Lipinski definition) is 6. The highest BCUT2D eigenvalue weighted by Crippen LogP contribution is 2.28. The summed E-state index contributed by atoms with van der Waals surface area (Å²) in [7, 11) is 0. The summed E-state index contributed by atoms with van der Waals surface area (Å²) in [6.45, 7) is 3.98. The van der Waals surface area contributed by atoms with Crippen LogP contribution in [0, 0.1) is 13.8 Å². The van der Waals surface area contributed by atoms with Gasteiger partial charge in [-0.1, -0.05) is 0 Å². The third kappa shape index (κ3) is 2.19. The summed E-state index contributed by atoms with van der Waals surface area (Å²) in [5.74, 6) is 0.715. The highest BCUT2D eigenvalue weighted by molar-refractivity contribution is 7.18. The Hall–Kier alpha value is -2.28. The highest BCUT2D eigenvalue weighted by Gasteiger charge is 2.07. The molecule has 0 aromatic carbocycles. The lowest BCUT2D eigenvalue weighted by Gasteiger charge is -1.99. The fourth-order valence-corrected chi connectivity index (χ4v) is 2.64. The first-order valence-corrected chi connectivity index (χ1v) is 6.61. The molecular formula is C12H12N6S. The fraction of sp³-hybridized carbons (Fsp3) is 0.167. The molecule has 0 aliphatic rings. The number of rotatable bonds is 3. The molecule has 0 bridgehead atoms. The topological polar surface area (TPSA) is 78.9 Å². The van der Waals surface area contributed by atoms with Crippen LogP contribution in [-0.4, -0.2) is 26.2 Å². The van der Waals surface area contributed by atoms with E-state index in [2.05, 4.69) is 35.8 Å². The summed E-state index contributed by atoms with van der Waals surface area (Å²) in [5, 5.41) is 6.22. The van der Waals surface area contributed by atoms with Crippen molar-refractivity contribution in [2.45, 2.75) is 13.8 Å². The van der Waals surface area contributed by atoms with Crippen molar-refractivity contribution in [2.75, 3.05) is 5.43 Å². The van der Waals surface area contributed by atoms with Crippen LogP contribution >= 0.6 is 11.3 Å². The van der Waals surface area contributed by atoms with E-state index >= 15 is 0 Å². The number of hydrogen-bond donors (Lipinski definition) is 2. The van der Waals surface area contributed by atoms with Crippen molar-refractivity contribution in [3.05, 3.63) is 35.0 Å². The molecule has 0 atom stereocenters. The van der Waals surface area contributed by atoms with E-state index in [0.29, 0.717) is 5.82 Å². The molecule has 0 amide bonds. The van der Waals surface area contributed by atoms with Crippen molar-refractivity contribution >= 4 is 33.6 Å². The molecule has 0 unspecified atom stereocenters. The summed E-state index contributed by atoms with van der Waals surface area (Å²) in [6, 6.07) is 0. The van der Waals surface area contributed by atoms with Crippen molar-refractivity contribution in [3.63, 3.8) is 0 Å². The predicted molar refractivity (Wildman–Crippen MR) is 76.7 cm³/mol. The van der Waals surface area contributed by atoms with Gasteiger partial charge in [0.2, 0.25) is 0 Å². The summed E-state index contributed by atoms with van der Waals surface area (Å²) >= 11 is 1.61. The van der Waals surface area contributed by atoms with Crippen molar-refractivity contribution in [1.82, 2.24) is 19.9 Å². The number of aryl methyl sites for hydroxylation is 2. The molecule has 3 heterocycles. The molecule has 0 spiro atoms. The third-order valence-corrected chi connectivity index (χ3v) is 3.85. The number of nitrogens with one attached hydrogen (secondary N) is 2. The van der Waals surface area contributed by atoms with Gasteiger partial charge in [0, 0.05) is 5.69 Å². The Morgan fingerprint density at radius 1 is 1.32 bits per heavy atom. The Morgan fingerprint density at radius 3 is 3.00 bits per heavy atom. The zero-order valence-corrected chi connectivity index (χ0v) is 11.3. The Morgan fingerprint density at radius 2 is 2.21 bits per heavy atom. The number of fused-ring (bicyclic) bond motifs is 1. The van der Waals surface area contributed by atoms with E-state index in [-0.39, 0.29) is 0 Å². The minimum absolute atomic E-state index is 0.715. The largest absolute Gasteiger partial charge is 0.348 e. The van der Waals surface area contributed by atoms with Crippen LogP contribution in [0.1, 0.15) is 17.0 Å². The average molecular weight is 272 g/mol. The summed E-state index contributed by atoms with van der Waals surface area (Å²) < 4.78 is 1.01. The number of anilines is 1. The molecule has 3 rings (SSSR count). The van der Waals surface area contributed by atoms with Gasteiger partial charge in [0.25, 0.3) is 0 Å². The Bertz CT molecular complexity index is 742. The van der Waals surface area contributed by atoms with Gasteiger partial charge in [0.15, 0.2) is 5.82 Å². The van der Waals surface area contributed by atoms with Crippen LogP contribution in [0.3, 0.4) is 0 Å². The first-order valence-electron chi connectivity index (χ1n) is 5.73. The van der Waals surface area contributed by atoms with Gasteiger partial charge in [0.1, 0.15) is 12.0 Å². The average Bonchev–Trinajstić information content (AvgIpc) is 2.98. The van der Waals surface area contributed by atoms with Gasteiger partial charge >= 0.3 is 0 Å². The molecule has 6 nitrogen and oxygen atoms in total. The quantitative estimate of drug-likeness (QED) is 0.567. The van der Waals surface area contributed by atoms with Crippen molar-refractivity contribution in [2.24, 2.45) is 5.10 Å². The number of aromatic nitrogens is 4. The number of thiophene rings is 1. The van der Waals surface area contributed by atoms with Crippen molar-refractivity contribution in [3.8, 4) is 0 Å². The van der Waals surface area contributed by atoms with E-state index in [9.17, 15) is 0 Å². The maximum Gasteiger partial charge on any atom is 0.167 e. The van der Waals surface area contributed by atoms with Gasteiger partial charge in [-0.05, 0) is 24.8 Å². The van der Waals surface area contributed by atoms with Crippen LogP contribution in [0.2, 0.25) is 0 Å². The molecule has 2 N–H and O–H groups in total. The zero-order chi connectivity index (χ0) is 13.2. The molecule has 0 saturated heterocycles. The van der Waals surface area contributed by atoms with Crippen molar-refractivity contribution in [1.29, 1.82) is 0 Å². The SMILES string of the molecule is Cc1[nH]cnc1/C=N/Nc1ncnc2c(C)csc12. The van der Waals surface area contributed by atoms with Crippen LogP contribution in [0.5, 0.6) is 0 Å². The minimum atomic E-state index is 0.715. The molecule has 0 aliphatic carbocycles. The van der Waals surface area contributed by atoms with E-state index < -0.39 is 0 Å². The standard InChI is InChI=1S/C12H12N6S/c1-7-4-19-11-10(7)15-6-16-12(11)18-17-3-9-8(2)13-5-14-9/h3-6H,1-2H3,(H,13,14)(H,15,16,18)/b17-3+. The van der Waals surface area contributed by atoms with E-state index in [1.165, 1.54) is 0 Å². The van der Waals surface area contributed by atoms with Crippen LogP contribution in [0.25, 0.3) is 10.2 Å². The van der Waals surface area contributed by atoms with Crippen LogP contribution < -0.4 is 5.43 Å². The fourth-order valence-electron chi connectivity index (χ4n) is 1.70. The van der Waals surface area contributed by atoms with Gasteiger partial charge in [-0.2, -0.15) is 5.10 Å². The number of H-pyrrole nitrogens is 1. The summed E-state index contributed by atoms with van der Waals surface area (Å²) in [5.41, 5.74) is 6.84. The lowest BCUT2D eigenvalue weighted by Crippen LogP contribution is -1.95. The lowest BCUT2D eigenvalue weighted by molar-refractivity contribution is 1.18. The highest BCUT2D eigenvalue weighted by atomic mass is 32.1. The number of imidazole rings is 1. The molecule has 19 heavy (non-hydrogen) atoms. The number of aromatic amines is 1. The van der Waals surface area contributed by atoms with Gasteiger partial charge in [0.05, 0.1) is 22.8 Å². The molecule has 0 radical (unpaired) electrons. The normalized spacial score (nSPS) is 11.5. The Labute approximate surface area is 113 Å². The van der Waals surface area contributed by atoms with Gasteiger partial charge in [-0.15, -0.1) is 11.3 Å². The summed E-state index contributed by atoms with van der Waals surface area (Å²) in [4.78, 5) is 15.6. The molecule has 3 aromatic rings. The van der Waals surface area contributed by atoms with E-state index in [1.54, 1.807) is 30.2 Å². The van der Waals surface area contributed by atoms with Crippen molar-refractivity contribution < 1.29 is 0 Å². The lowest BCUT2D eigenvalue weighted by atomic mass is 10.3. The Kier molecular flexibility index (Phi) is 2.96. The Balaban J connectivity index is 1.86. The maximum absolute atomic E-state index is 4.26. The molecule has 0 aliphatic heterocycles. The van der Waals surface area contributed by atoms with Gasteiger partial charge < -0.3 is 4.98 Å². The van der Waals surface area contributed by atoms with Crippen LogP contribution in [0.15, 0.2) is 23.1 Å². The van der Waals surface area contributed by atoms with Crippen LogP contribution in [-0.2, 0) is 0 Å². The maximum atomic E-state index is 4.26. The third-order valence-electron chi connectivity index (χ3n) is 2.76. The van der Waals surface area contributed by atoms with Gasteiger partial charge in [-0.25, -0.2) is 15.0 Å². The monoisotopic (exact) mass is 272 g/mol. The zero-order valence-electron chi connectivity index (χ0n) is 10.5. The molecule has 96 valence electrons. The number of nitrogens with zero attached hydrogens (tertiary/aromatic N) is 4. The second kappa shape index (κ2) is 4.77. The van der Waals surface area contributed by atoms with E-state index in [1.807, 2.05) is 13.8 Å². The first-order chi connectivity index (χ1) is 9.25. The molecule has 3 aromatic heterocycles. The van der Waals surface area contributed by atoms with E-state index in [4.69, 9.17) is 0 Å². The smallest absolute Gasteiger partial charge is 0.167 e. The molecular weight excluding hydrogens is 260 g/mol. The van der Waals surface area contributed by atoms with Crippen LogP contribution in [0.4, 0.5) is 5.82 Å². The van der Waals surface area contributed by atoms with Gasteiger partial charge in [-0.3, -0.25) is 5.43 Å². The second-order valence-corrected chi connectivity index (χ2v) is 4.98. The number of hydrazone groups is 1. The molecule has 0 fully saturated rings.